The van der Waals surface area contributed by atoms with Crippen molar-refractivity contribution in [2.24, 2.45) is 5.73 Å². The van der Waals surface area contributed by atoms with Crippen molar-refractivity contribution in [1.82, 2.24) is 0 Å². The van der Waals surface area contributed by atoms with E-state index in [1.54, 1.807) is 6.92 Å². The van der Waals surface area contributed by atoms with Crippen LogP contribution in [0.2, 0.25) is 0 Å². The maximum Gasteiger partial charge on any atom is 0.265 e. The van der Waals surface area contributed by atoms with E-state index in [0.717, 1.165) is 5.56 Å². The first-order valence-corrected chi connectivity index (χ1v) is 4.51. The van der Waals surface area contributed by atoms with Gasteiger partial charge in [-0.3, -0.25) is 4.79 Å². The predicted molar refractivity (Wildman–Crippen MR) is 53.1 cm³/mol. The number of carbonyl (C=O) groups excluding carboxylic acids is 1. The summed E-state index contributed by atoms with van der Waals surface area (Å²) in [4.78, 5) is 11.3. The summed E-state index contributed by atoms with van der Waals surface area (Å²) in [5.74, 6) is 0.584. The van der Waals surface area contributed by atoms with Gasteiger partial charge in [-0.2, -0.15) is 0 Å². The van der Waals surface area contributed by atoms with Crippen LogP contribution in [0, 0.1) is 0 Å². The van der Waals surface area contributed by atoms with Crippen molar-refractivity contribution in [3.8, 4) is 5.75 Å². The summed E-state index contributed by atoms with van der Waals surface area (Å²) in [6.45, 7) is 2.17. The van der Waals surface area contributed by atoms with Gasteiger partial charge in [0.1, 0.15) is 5.75 Å². The molecule has 0 saturated carbocycles. The number of anilines is 1. The molecule has 3 N–H and O–H groups in total. The van der Waals surface area contributed by atoms with E-state index < -0.39 is 6.10 Å². The van der Waals surface area contributed by atoms with Crippen molar-refractivity contribution in [2.45, 2.75) is 19.6 Å². The number of hydrogen-bond donors (Lipinski definition) is 2. The molecule has 1 aliphatic heterocycles. The number of carbonyl (C=O) groups is 1. The van der Waals surface area contributed by atoms with Gasteiger partial charge in [0.2, 0.25) is 0 Å². The van der Waals surface area contributed by atoms with Gasteiger partial charge in [0.15, 0.2) is 6.10 Å². The van der Waals surface area contributed by atoms with Crippen molar-refractivity contribution < 1.29 is 9.53 Å². The van der Waals surface area contributed by atoms with E-state index in [1.165, 1.54) is 0 Å². The Morgan fingerprint density at radius 3 is 3.07 bits per heavy atom. The summed E-state index contributed by atoms with van der Waals surface area (Å²) in [6, 6.07) is 5.55. The number of nitrogens with one attached hydrogen (secondary N) is 1. The number of benzene rings is 1. The Morgan fingerprint density at radius 1 is 1.57 bits per heavy atom. The topological polar surface area (TPSA) is 64.3 Å². The zero-order valence-electron chi connectivity index (χ0n) is 7.91. The SMILES string of the molecule is CC1Oc2ccc(CN)cc2NC1=O. The van der Waals surface area contributed by atoms with Crippen LogP contribution in [0.4, 0.5) is 5.69 Å². The quantitative estimate of drug-likeness (QED) is 0.693. The van der Waals surface area contributed by atoms with E-state index >= 15 is 0 Å². The molecule has 0 aromatic heterocycles. The van der Waals surface area contributed by atoms with Crippen LogP contribution < -0.4 is 15.8 Å². The Hall–Kier alpha value is -1.55. The number of ether oxygens (including phenoxy) is 1. The highest BCUT2D eigenvalue weighted by Crippen LogP contribution is 2.30. The minimum absolute atomic E-state index is 0.119. The normalized spacial score (nSPS) is 19.6. The average molecular weight is 192 g/mol. The van der Waals surface area contributed by atoms with Crippen LogP contribution in [-0.4, -0.2) is 12.0 Å². The van der Waals surface area contributed by atoms with Crippen molar-refractivity contribution in [3.63, 3.8) is 0 Å². The molecule has 1 aromatic rings. The Kier molecular flexibility index (Phi) is 2.13. The van der Waals surface area contributed by atoms with Crippen LogP contribution in [-0.2, 0) is 11.3 Å². The van der Waals surface area contributed by atoms with Crippen LogP contribution in [0.1, 0.15) is 12.5 Å². The number of amides is 1. The fraction of sp³-hybridized carbons (Fsp3) is 0.300. The van der Waals surface area contributed by atoms with Crippen LogP contribution in [0.15, 0.2) is 18.2 Å². The molecule has 0 saturated heterocycles. The van der Waals surface area contributed by atoms with E-state index in [4.69, 9.17) is 10.5 Å². The lowest BCUT2D eigenvalue weighted by Gasteiger charge is -2.23. The van der Waals surface area contributed by atoms with Gasteiger partial charge in [0, 0.05) is 6.54 Å². The number of rotatable bonds is 1. The van der Waals surface area contributed by atoms with E-state index in [-0.39, 0.29) is 5.91 Å². The summed E-state index contributed by atoms with van der Waals surface area (Å²) >= 11 is 0. The third-order valence-corrected chi connectivity index (χ3v) is 2.21. The van der Waals surface area contributed by atoms with Gasteiger partial charge in [-0.15, -0.1) is 0 Å². The van der Waals surface area contributed by atoms with Gasteiger partial charge in [-0.05, 0) is 24.6 Å². The number of fused-ring (bicyclic) bond motifs is 1. The van der Waals surface area contributed by atoms with Crippen LogP contribution >= 0.6 is 0 Å². The Balaban J connectivity index is 2.37. The molecule has 0 bridgehead atoms. The first-order chi connectivity index (χ1) is 6.70. The highest BCUT2D eigenvalue weighted by atomic mass is 16.5. The number of hydrogen-bond acceptors (Lipinski definition) is 3. The fourth-order valence-corrected chi connectivity index (χ4v) is 1.38. The van der Waals surface area contributed by atoms with E-state index in [9.17, 15) is 4.79 Å². The highest BCUT2D eigenvalue weighted by molar-refractivity contribution is 5.97. The molecule has 1 aliphatic rings. The molecule has 4 nitrogen and oxygen atoms in total. The molecule has 1 unspecified atom stereocenters. The summed E-state index contributed by atoms with van der Waals surface area (Å²) < 4.78 is 5.39. The molecule has 74 valence electrons. The van der Waals surface area contributed by atoms with Crippen molar-refractivity contribution in [3.05, 3.63) is 23.8 Å². The molecule has 1 aromatic carbocycles. The average Bonchev–Trinajstić information content (AvgIpc) is 2.19. The summed E-state index contributed by atoms with van der Waals surface area (Å²) in [7, 11) is 0. The van der Waals surface area contributed by atoms with Crippen molar-refractivity contribution in [2.75, 3.05) is 5.32 Å². The largest absolute Gasteiger partial charge is 0.479 e. The lowest BCUT2D eigenvalue weighted by atomic mass is 10.1. The maximum atomic E-state index is 11.3. The first-order valence-electron chi connectivity index (χ1n) is 4.51. The predicted octanol–water partition coefficient (Wildman–Crippen LogP) is 0.865. The molecule has 0 spiro atoms. The van der Waals surface area contributed by atoms with Crippen molar-refractivity contribution >= 4 is 11.6 Å². The summed E-state index contributed by atoms with van der Waals surface area (Å²) in [5.41, 5.74) is 7.17. The van der Waals surface area contributed by atoms with Gasteiger partial charge in [-0.1, -0.05) is 6.07 Å². The monoisotopic (exact) mass is 192 g/mol. The molecule has 1 amide bonds. The maximum absolute atomic E-state index is 11.3. The van der Waals surface area contributed by atoms with E-state index in [0.29, 0.717) is 18.0 Å². The van der Waals surface area contributed by atoms with Gasteiger partial charge in [0.05, 0.1) is 5.69 Å². The van der Waals surface area contributed by atoms with Gasteiger partial charge in [0.25, 0.3) is 5.91 Å². The molecule has 2 rings (SSSR count). The zero-order chi connectivity index (χ0) is 10.1. The van der Waals surface area contributed by atoms with E-state index in [2.05, 4.69) is 5.32 Å². The number of nitrogens with two attached hydrogens (primary N) is 1. The first kappa shape index (κ1) is 9.02. The Bertz CT molecular complexity index is 376. The molecule has 0 fully saturated rings. The molecule has 1 heterocycles. The third kappa shape index (κ3) is 1.44. The molecule has 4 heteroatoms. The second-order valence-electron chi connectivity index (χ2n) is 3.28. The van der Waals surface area contributed by atoms with Gasteiger partial charge < -0.3 is 15.8 Å². The molecule has 14 heavy (non-hydrogen) atoms. The third-order valence-electron chi connectivity index (χ3n) is 2.21. The molecular formula is C10H12N2O2. The molecule has 0 radical (unpaired) electrons. The molecule has 1 atom stereocenters. The second kappa shape index (κ2) is 3.31. The lowest BCUT2D eigenvalue weighted by molar-refractivity contribution is -0.122. The molecular weight excluding hydrogens is 180 g/mol. The molecule has 0 aliphatic carbocycles. The van der Waals surface area contributed by atoms with Crippen molar-refractivity contribution in [1.29, 1.82) is 0 Å². The lowest BCUT2D eigenvalue weighted by Crippen LogP contribution is -2.34. The zero-order valence-corrected chi connectivity index (χ0v) is 7.91. The Labute approximate surface area is 82.1 Å². The van der Waals surface area contributed by atoms with Crippen LogP contribution in [0.5, 0.6) is 5.75 Å². The minimum Gasteiger partial charge on any atom is -0.479 e. The van der Waals surface area contributed by atoms with Crippen LogP contribution in [0.3, 0.4) is 0 Å². The standard InChI is InChI=1S/C10H12N2O2/c1-6-10(13)12-8-4-7(5-11)2-3-9(8)14-6/h2-4,6H,5,11H2,1H3,(H,12,13). The van der Waals surface area contributed by atoms with Crippen LogP contribution in [0.25, 0.3) is 0 Å². The smallest absolute Gasteiger partial charge is 0.265 e. The second-order valence-corrected chi connectivity index (χ2v) is 3.28. The summed E-state index contributed by atoms with van der Waals surface area (Å²) in [6.07, 6.45) is -0.425. The van der Waals surface area contributed by atoms with Gasteiger partial charge >= 0.3 is 0 Å². The fourth-order valence-electron chi connectivity index (χ4n) is 1.38. The minimum atomic E-state index is -0.425. The van der Waals surface area contributed by atoms with E-state index in [1.807, 2.05) is 18.2 Å². The van der Waals surface area contributed by atoms with Gasteiger partial charge in [-0.25, -0.2) is 0 Å². The summed E-state index contributed by atoms with van der Waals surface area (Å²) in [5, 5.41) is 2.76. The highest BCUT2D eigenvalue weighted by Gasteiger charge is 2.23. The Morgan fingerprint density at radius 2 is 2.36 bits per heavy atom.